The molecule has 4 aromatic carbocycles. The minimum absolute atomic E-state index is 0.00212. The third-order valence-electron chi connectivity index (χ3n) is 6.55. The van der Waals surface area contributed by atoms with Crippen molar-refractivity contribution in [2.75, 3.05) is 28.1 Å². The quantitative estimate of drug-likeness (QED) is 0.144. The molecule has 5 rings (SSSR count). The summed E-state index contributed by atoms with van der Waals surface area (Å²) in [6, 6.07) is 22.7. The lowest BCUT2D eigenvalue weighted by atomic mass is 10.1. The van der Waals surface area contributed by atoms with Crippen molar-refractivity contribution >= 4 is 46.8 Å². The molecule has 0 radical (unpaired) electrons. The third kappa shape index (κ3) is 13.3. The molecule has 286 valence electrons. The van der Waals surface area contributed by atoms with Gasteiger partial charge >= 0.3 is 18.5 Å². The summed E-state index contributed by atoms with van der Waals surface area (Å²) in [5.74, 6) is -0.416. The molecule has 0 atom stereocenters. The Hall–Kier alpha value is -6.45. The van der Waals surface area contributed by atoms with Crippen LogP contribution in [-0.4, -0.2) is 48.4 Å². The third-order valence-corrected chi connectivity index (χ3v) is 6.55. The zero-order chi connectivity index (χ0) is 39.7. The van der Waals surface area contributed by atoms with Gasteiger partial charge in [0.25, 0.3) is 11.8 Å². The maximum Gasteiger partial charge on any atom is 0.573 e. The van der Waals surface area contributed by atoms with E-state index in [0.717, 1.165) is 12.1 Å². The number of alkyl halides is 3. The minimum atomic E-state index is -4.84. The second kappa shape index (κ2) is 16.9. The first-order valence-corrected chi connectivity index (χ1v) is 16.3. The highest BCUT2D eigenvalue weighted by Crippen LogP contribution is 2.35. The summed E-state index contributed by atoms with van der Waals surface area (Å²) in [6.45, 7) is 10.7. The van der Waals surface area contributed by atoms with Crippen LogP contribution in [0.5, 0.6) is 17.2 Å². The predicted octanol–water partition coefficient (Wildman–Crippen LogP) is 9.20. The molecule has 0 unspecified atom stereocenters. The largest absolute Gasteiger partial charge is 0.573 e. The summed E-state index contributed by atoms with van der Waals surface area (Å²) in [5, 5.41) is 10.5. The molecular weight excluding hydrogens is 713 g/mol. The molecule has 0 fully saturated rings. The molecule has 1 aliphatic rings. The number of nitrogens with one attached hydrogen (secondary N) is 4. The van der Waals surface area contributed by atoms with Crippen molar-refractivity contribution < 1.29 is 56.0 Å². The van der Waals surface area contributed by atoms with E-state index in [1.807, 2.05) is 0 Å². The monoisotopic (exact) mass is 752 g/mol. The second-order valence-corrected chi connectivity index (χ2v) is 13.4. The lowest BCUT2D eigenvalue weighted by Gasteiger charge is -2.19. The number of hydrogen-bond acceptors (Lipinski definition) is 9. The van der Waals surface area contributed by atoms with Gasteiger partial charge in [-0.05, 0) is 120 Å². The molecule has 0 aromatic heterocycles. The minimum Gasteiger partial charge on any atom is -0.454 e. The van der Waals surface area contributed by atoms with Crippen molar-refractivity contribution in [2.24, 2.45) is 0 Å². The van der Waals surface area contributed by atoms with Crippen LogP contribution in [0, 0.1) is 0 Å². The highest BCUT2D eigenvalue weighted by molar-refractivity contribution is 6.07. The molecule has 4 amide bonds. The number of ether oxygens (including phenoxy) is 5. The Balaban J connectivity index is 0.000000241. The number of amides is 4. The number of rotatable bonds is 7. The molecule has 16 heteroatoms. The van der Waals surface area contributed by atoms with Gasteiger partial charge in [0, 0.05) is 28.3 Å². The first kappa shape index (κ1) is 40.3. The van der Waals surface area contributed by atoms with Gasteiger partial charge in [0.05, 0.1) is 5.56 Å². The highest BCUT2D eigenvalue weighted by Gasteiger charge is 2.31. The first-order chi connectivity index (χ1) is 25.2. The molecule has 0 spiro atoms. The molecule has 0 bridgehead atoms. The Morgan fingerprint density at radius 3 is 1.54 bits per heavy atom. The van der Waals surface area contributed by atoms with E-state index >= 15 is 0 Å². The van der Waals surface area contributed by atoms with Crippen molar-refractivity contribution in [2.45, 2.75) is 59.1 Å². The van der Waals surface area contributed by atoms with Gasteiger partial charge in [0.15, 0.2) is 11.5 Å². The van der Waals surface area contributed by atoms with Gasteiger partial charge in [-0.1, -0.05) is 12.1 Å². The standard InChI is InChI=1S/C19H19F3N2O4.C19H20N2O5/c1-18(2,3)28-17(26)24-14-9-7-13(8-10-14)23-16(25)12-5-4-6-15(11-12)27-19(20,21)22;1-19(2,3)26-18(23)21-13-9-7-12(8-10-13)20-17(22)14-5-4-6-15-16(14)25-11-24-15/h4-11H,1-3H3,(H,23,25)(H,24,26);4-10H,11H2,1-3H3,(H,20,22)(H,21,23). The van der Waals surface area contributed by atoms with Crippen LogP contribution in [0.25, 0.3) is 0 Å². The summed E-state index contributed by atoms with van der Waals surface area (Å²) < 4.78 is 61.6. The number of carbonyl (C=O) groups excluding carboxylic acids is 4. The fourth-order valence-corrected chi connectivity index (χ4v) is 4.46. The van der Waals surface area contributed by atoms with Crippen LogP contribution in [0.15, 0.2) is 91.0 Å². The maximum absolute atomic E-state index is 12.5. The zero-order valence-electron chi connectivity index (χ0n) is 30.2. The van der Waals surface area contributed by atoms with Crippen LogP contribution in [0.3, 0.4) is 0 Å². The number of benzene rings is 4. The van der Waals surface area contributed by atoms with Crippen LogP contribution in [0.2, 0.25) is 0 Å². The van der Waals surface area contributed by atoms with Gasteiger partial charge in [0.1, 0.15) is 17.0 Å². The topological polar surface area (TPSA) is 163 Å². The molecule has 1 heterocycles. The molecular formula is C38H39F3N4O9. The fourth-order valence-electron chi connectivity index (χ4n) is 4.46. The SMILES string of the molecule is CC(C)(C)OC(=O)Nc1ccc(NC(=O)c2cccc(OC(F)(F)F)c2)cc1.CC(C)(C)OC(=O)Nc1ccc(NC(=O)c2cccc3c2OCO3)cc1. The Morgan fingerprint density at radius 1 is 0.593 bits per heavy atom. The van der Waals surface area contributed by atoms with E-state index in [2.05, 4.69) is 26.0 Å². The summed E-state index contributed by atoms with van der Waals surface area (Å²) in [5.41, 5.74) is 1.18. The highest BCUT2D eigenvalue weighted by atomic mass is 19.4. The van der Waals surface area contributed by atoms with Gasteiger partial charge < -0.3 is 34.3 Å². The number of halogens is 3. The Morgan fingerprint density at radius 2 is 1.06 bits per heavy atom. The summed E-state index contributed by atoms with van der Waals surface area (Å²) in [6.07, 6.45) is -6.00. The van der Waals surface area contributed by atoms with E-state index < -0.39 is 41.4 Å². The second-order valence-electron chi connectivity index (χ2n) is 13.4. The van der Waals surface area contributed by atoms with Crippen molar-refractivity contribution in [1.82, 2.24) is 0 Å². The van der Waals surface area contributed by atoms with Crippen molar-refractivity contribution in [1.29, 1.82) is 0 Å². The smallest absolute Gasteiger partial charge is 0.454 e. The van der Waals surface area contributed by atoms with Crippen LogP contribution in [-0.2, 0) is 9.47 Å². The van der Waals surface area contributed by atoms with Crippen LogP contribution in [0.4, 0.5) is 45.5 Å². The van der Waals surface area contributed by atoms with Crippen molar-refractivity contribution in [3.05, 3.63) is 102 Å². The lowest BCUT2D eigenvalue weighted by molar-refractivity contribution is -0.274. The molecule has 13 nitrogen and oxygen atoms in total. The average molecular weight is 753 g/mol. The number of anilines is 4. The van der Waals surface area contributed by atoms with Gasteiger partial charge in [-0.3, -0.25) is 20.2 Å². The van der Waals surface area contributed by atoms with Crippen LogP contribution in [0.1, 0.15) is 62.3 Å². The van der Waals surface area contributed by atoms with E-state index in [-0.39, 0.29) is 18.3 Å². The number of hydrogen-bond donors (Lipinski definition) is 4. The number of fused-ring (bicyclic) bond motifs is 1. The van der Waals surface area contributed by atoms with Gasteiger partial charge in [-0.25, -0.2) is 9.59 Å². The fraction of sp³-hybridized carbons (Fsp3) is 0.263. The number of para-hydroxylation sites is 1. The molecule has 0 saturated heterocycles. The van der Waals surface area contributed by atoms with Gasteiger partial charge in [-0.15, -0.1) is 13.2 Å². The normalized spacial score (nSPS) is 11.9. The lowest BCUT2D eigenvalue weighted by Crippen LogP contribution is -2.27. The molecule has 4 aromatic rings. The Kier molecular flexibility index (Phi) is 12.6. The van der Waals surface area contributed by atoms with E-state index in [0.29, 0.717) is 39.8 Å². The summed E-state index contributed by atoms with van der Waals surface area (Å²) in [7, 11) is 0. The van der Waals surface area contributed by atoms with E-state index in [1.54, 1.807) is 96.1 Å². The molecule has 0 saturated carbocycles. The van der Waals surface area contributed by atoms with E-state index in [4.69, 9.17) is 18.9 Å². The number of carbonyl (C=O) groups is 4. The van der Waals surface area contributed by atoms with Gasteiger partial charge in [-0.2, -0.15) is 0 Å². The Bertz CT molecular complexity index is 1960. The summed E-state index contributed by atoms with van der Waals surface area (Å²) in [4.78, 5) is 48.1. The molecule has 4 N–H and O–H groups in total. The van der Waals surface area contributed by atoms with E-state index in [9.17, 15) is 32.3 Å². The zero-order valence-corrected chi connectivity index (χ0v) is 30.2. The van der Waals surface area contributed by atoms with Crippen LogP contribution >= 0.6 is 0 Å². The predicted molar refractivity (Wildman–Crippen MR) is 194 cm³/mol. The summed E-state index contributed by atoms with van der Waals surface area (Å²) >= 11 is 0. The van der Waals surface area contributed by atoms with Crippen molar-refractivity contribution in [3.63, 3.8) is 0 Å². The molecule has 1 aliphatic heterocycles. The molecule has 0 aliphatic carbocycles. The Labute approximate surface area is 309 Å². The first-order valence-electron chi connectivity index (χ1n) is 16.3. The van der Waals surface area contributed by atoms with Crippen molar-refractivity contribution in [3.8, 4) is 17.2 Å². The molecule has 54 heavy (non-hydrogen) atoms. The maximum atomic E-state index is 12.5. The van der Waals surface area contributed by atoms with Gasteiger partial charge in [0.2, 0.25) is 6.79 Å². The van der Waals surface area contributed by atoms with Crippen LogP contribution < -0.4 is 35.5 Å². The van der Waals surface area contributed by atoms with E-state index in [1.165, 1.54) is 24.3 Å². The average Bonchev–Trinajstić information content (AvgIpc) is 3.54.